The van der Waals surface area contributed by atoms with Crippen LogP contribution in [0, 0.1) is 0 Å². The van der Waals surface area contributed by atoms with E-state index < -0.39 is 0 Å². The summed E-state index contributed by atoms with van der Waals surface area (Å²) in [4.78, 5) is 0. The normalized spacial score (nSPS) is 10.7. The third kappa shape index (κ3) is 7.84. The first-order valence-electron chi connectivity index (χ1n) is 8.46. The Bertz CT molecular complexity index is 379. The van der Waals surface area contributed by atoms with Crippen molar-refractivity contribution in [1.29, 1.82) is 0 Å². The number of rotatable bonds is 12. The fraction of sp³-hybridized carbons (Fsp3) is 0.667. The second kappa shape index (κ2) is 11.3. The van der Waals surface area contributed by atoms with Crippen molar-refractivity contribution < 1.29 is 9.84 Å². The Morgan fingerprint density at radius 2 is 1.48 bits per heavy atom. The van der Waals surface area contributed by atoms with Crippen molar-refractivity contribution >= 4 is 5.69 Å². The first-order chi connectivity index (χ1) is 10.3. The molecule has 0 aliphatic heterocycles. The van der Waals surface area contributed by atoms with E-state index in [2.05, 4.69) is 6.92 Å². The van der Waals surface area contributed by atoms with Crippen LogP contribution in [0.1, 0.15) is 71.1 Å². The molecule has 0 aliphatic rings. The molecule has 0 bridgehead atoms. The molecule has 120 valence electrons. The van der Waals surface area contributed by atoms with Crippen LogP contribution in [0.25, 0.3) is 0 Å². The lowest BCUT2D eigenvalue weighted by Gasteiger charge is -2.09. The fourth-order valence-electron chi connectivity index (χ4n) is 2.43. The van der Waals surface area contributed by atoms with Crippen LogP contribution in [0.3, 0.4) is 0 Å². The highest BCUT2D eigenvalue weighted by Gasteiger charge is 2.03. The van der Waals surface area contributed by atoms with E-state index in [1.54, 1.807) is 18.2 Å². The summed E-state index contributed by atoms with van der Waals surface area (Å²) in [6, 6.07) is 5.12. The Hall–Kier alpha value is -1.38. The zero-order chi connectivity index (χ0) is 15.3. The second-order valence-electron chi connectivity index (χ2n) is 5.72. The molecule has 0 aromatic heterocycles. The molecule has 0 saturated heterocycles. The second-order valence-corrected chi connectivity index (χ2v) is 5.72. The van der Waals surface area contributed by atoms with Gasteiger partial charge in [0.05, 0.1) is 6.61 Å². The number of phenolic OH excluding ortho intramolecular Hbond substituents is 1. The van der Waals surface area contributed by atoms with Gasteiger partial charge in [0.1, 0.15) is 17.2 Å². The Morgan fingerprint density at radius 3 is 2.10 bits per heavy atom. The summed E-state index contributed by atoms with van der Waals surface area (Å²) in [5.41, 5.74) is 6.08. The van der Waals surface area contributed by atoms with E-state index in [1.807, 2.05) is 0 Å². The summed E-state index contributed by atoms with van der Waals surface area (Å²) in [7, 11) is 0. The SMILES string of the molecule is CCCCCCCCCCCCOc1cccc(O)c1N. The minimum Gasteiger partial charge on any atom is -0.506 e. The molecule has 0 amide bonds. The van der Waals surface area contributed by atoms with E-state index in [0.29, 0.717) is 18.0 Å². The topological polar surface area (TPSA) is 55.5 Å². The first-order valence-corrected chi connectivity index (χ1v) is 8.46. The zero-order valence-corrected chi connectivity index (χ0v) is 13.4. The fourth-order valence-corrected chi connectivity index (χ4v) is 2.43. The number of aromatic hydroxyl groups is 1. The van der Waals surface area contributed by atoms with Crippen molar-refractivity contribution in [2.45, 2.75) is 71.1 Å². The number of unbranched alkanes of at least 4 members (excludes halogenated alkanes) is 9. The number of benzene rings is 1. The maximum atomic E-state index is 9.47. The molecule has 3 N–H and O–H groups in total. The van der Waals surface area contributed by atoms with Crippen LogP contribution < -0.4 is 10.5 Å². The molecule has 1 rings (SSSR count). The highest BCUT2D eigenvalue weighted by molar-refractivity contribution is 5.61. The summed E-state index contributed by atoms with van der Waals surface area (Å²) in [6.07, 6.45) is 13.1. The van der Waals surface area contributed by atoms with Gasteiger partial charge >= 0.3 is 0 Å². The number of para-hydroxylation sites is 1. The van der Waals surface area contributed by atoms with E-state index in [-0.39, 0.29) is 5.75 Å². The largest absolute Gasteiger partial charge is 0.506 e. The summed E-state index contributed by atoms with van der Waals surface area (Å²) >= 11 is 0. The molecular formula is C18H31NO2. The van der Waals surface area contributed by atoms with Crippen LogP contribution in [0.2, 0.25) is 0 Å². The molecule has 0 spiro atoms. The summed E-state index contributed by atoms with van der Waals surface area (Å²) < 4.78 is 5.60. The van der Waals surface area contributed by atoms with Gasteiger partial charge in [0, 0.05) is 0 Å². The third-order valence-corrected chi connectivity index (χ3v) is 3.80. The maximum absolute atomic E-state index is 9.47. The Morgan fingerprint density at radius 1 is 0.905 bits per heavy atom. The highest BCUT2D eigenvalue weighted by Crippen LogP contribution is 2.30. The number of nitrogen functional groups attached to an aromatic ring is 1. The van der Waals surface area contributed by atoms with Crippen LogP contribution in [-0.4, -0.2) is 11.7 Å². The number of hydrogen-bond acceptors (Lipinski definition) is 3. The molecule has 3 heteroatoms. The average Bonchev–Trinajstić information content (AvgIpc) is 2.49. The number of anilines is 1. The van der Waals surface area contributed by atoms with Gasteiger partial charge in [-0.1, -0.05) is 70.8 Å². The minimum atomic E-state index is 0.0931. The first kappa shape index (κ1) is 17.7. The van der Waals surface area contributed by atoms with E-state index in [0.717, 1.165) is 6.42 Å². The van der Waals surface area contributed by atoms with Crippen molar-refractivity contribution in [1.82, 2.24) is 0 Å². The summed E-state index contributed by atoms with van der Waals surface area (Å²) in [5, 5.41) is 9.47. The van der Waals surface area contributed by atoms with E-state index >= 15 is 0 Å². The molecule has 0 saturated carbocycles. The van der Waals surface area contributed by atoms with Gasteiger partial charge in [-0.05, 0) is 18.6 Å². The third-order valence-electron chi connectivity index (χ3n) is 3.80. The van der Waals surface area contributed by atoms with Gasteiger partial charge in [-0.3, -0.25) is 0 Å². The zero-order valence-electron chi connectivity index (χ0n) is 13.4. The van der Waals surface area contributed by atoms with Crippen molar-refractivity contribution in [2.75, 3.05) is 12.3 Å². The molecule has 21 heavy (non-hydrogen) atoms. The van der Waals surface area contributed by atoms with Gasteiger partial charge in [-0.25, -0.2) is 0 Å². The van der Waals surface area contributed by atoms with Crippen LogP contribution in [0.4, 0.5) is 5.69 Å². The van der Waals surface area contributed by atoms with Crippen molar-refractivity contribution in [3.8, 4) is 11.5 Å². The lowest BCUT2D eigenvalue weighted by atomic mass is 10.1. The van der Waals surface area contributed by atoms with Crippen molar-refractivity contribution in [2.24, 2.45) is 0 Å². The molecule has 0 radical (unpaired) electrons. The molecule has 0 heterocycles. The molecule has 0 unspecified atom stereocenters. The van der Waals surface area contributed by atoms with Crippen LogP contribution >= 0.6 is 0 Å². The van der Waals surface area contributed by atoms with Gasteiger partial charge in [0.25, 0.3) is 0 Å². The van der Waals surface area contributed by atoms with Crippen molar-refractivity contribution in [3.05, 3.63) is 18.2 Å². The van der Waals surface area contributed by atoms with Gasteiger partial charge in [0.15, 0.2) is 0 Å². The predicted molar refractivity (Wildman–Crippen MR) is 89.9 cm³/mol. The molecule has 0 aliphatic carbocycles. The standard InChI is InChI=1S/C18H31NO2/c1-2-3-4-5-6-7-8-9-10-11-15-21-17-14-12-13-16(20)18(17)19/h12-14,20H,2-11,15,19H2,1H3. The lowest BCUT2D eigenvalue weighted by Crippen LogP contribution is -2.00. The predicted octanol–water partition coefficient (Wildman–Crippen LogP) is 5.27. The van der Waals surface area contributed by atoms with Gasteiger partial charge in [0.2, 0.25) is 0 Å². The number of nitrogens with two attached hydrogens (primary N) is 1. The Kier molecular flexibility index (Phi) is 9.51. The Labute approximate surface area is 129 Å². The van der Waals surface area contributed by atoms with Gasteiger partial charge < -0.3 is 15.6 Å². The minimum absolute atomic E-state index is 0.0931. The molecular weight excluding hydrogens is 262 g/mol. The number of hydrogen-bond donors (Lipinski definition) is 2. The highest BCUT2D eigenvalue weighted by atomic mass is 16.5. The van der Waals surface area contributed by atoms with Gasteiger partial charge in [-0.2, -0.15) is 0 Å². The van der Waals surface area contributed by atoms with Gasteiger partial charge in [-0.15, -0.1) is 0 Å². The lowest BCUT2D eigenvalue weighted by molar-refractivity contribution is 0.304. The summed E-state index contributed by atoms with van der Waals surface area (Å²) in [6.45, 7) is 2.93. The molecule has 0 fully saturated rings. The van der Waals surface area contributed by atoms with Crippen LogP contribution in [0.5, 0.6) is 11.5 Å². The van der Waals surface area contributed by atoms with E-state index in [4.69, 9.17) is 10.5 Å². The Balaban J connectivity index is 1.94. The van der Waals surface area contributed by atoms with Crippen molar-refractivity contribution in [3.63, 3.8) is 0 Å². The van der Waals surface area contributed by atoms with E-state index in [1.165, 1.54) is 57.8 Å². The quantitative estimate of drug-likeness (QED) is 0.313. The monoisotopic (exact) mass is 293 g/mol. The maximum Gasteiger partial charge on any atom is 0.145 e. The molecule has 1 aromatic carbocycles. The van der Waals surface area contributed by atoms with Crippen LogP contribution in [0.15, 0.2) is 18.2 Å². The molecule has 1 aromatic rings. The number of ether oxygens (including phenoxy) is 1. The molecule has 0 atom stereocenters. The smallest absolute Gasteiger partial charge is 0.145 e. The van der Waals surface area contributed by atoms with E-state index in [9.17, 15) is 5.11 Å². The van der Waals surface area contributed by atoms with Crippen LogP contribution in [-0.2, 0) is 0 Å². The molecule has 3 nitrogen and oxygen atoms in total. The summed E-state index contributed by atoms with van der Waals surface area (Å²) in [5.74, 6) is 0.682. The number of phenols is 1. The average molecular weight is 293 g/mol.